The van der Waals surface area contributed by atoms with Crippen LogP contribution in [0.15, 0.2) is 54.7 Å². The number of H-pyrrole nitrogens is 1. The van der Waals surface area contributed by atoms with Crippen molar-refractivity contribution < 1.29 is 34.3 Å². The number of nitrogens with two attached hydrogens (primary N) is 2. The lowest BCUT2D eigenvalue weighted by Crippen LogP contribution is -2.57. The van der Waals surface area contributed by atoms with Crippen LogP contribution in [0.5, 0.6) is 5.75 Å². The minimum atomic E-state index is -1.20. The Balaban J connectivity index is 1.93. The van der Waals surface area contributed by atoms with E-state index in [9.17, 15) is 29.1 Å². The van der Waals surface area contributed by atoms with Crippen LogP contribution in [-0.2, 0) is 36.8 Å². The molecule has 0 saturated heterocycles. The van der Waals surface area contributed by atoms with E-state index in [1.807, 2.05) is 38.1 Å². The van der Waals surface area contributed by atoms with Crippen LogP contribution in [0.2, 0.25) is 0 Å². The Hall–Kier alpha value is -4.95. The van der Waals surface area contributed by atoms with Gasteiger partial charge in [-0.15, -0.1) is 0 Å². The van der Waals surface area contributed by atoms with E-state index in [4.69, 9.17) is 16.7 Å². The molecule has 3 aromatic rings. The summed E-state index contributed by atoms with van der Waals surface area (Å²) in [5.74, 6) is -4.22. The van der Waals surface area contributed by atoms with Crippen molar-refractivity contribution in [3.8, 4) is 5.75 Å². The second-order valence-electron chi connectivity index (χ2n) is 12.4. The summed E-state index contributed by atoms with van der Waals surface area (Å²) in [6, 6.07) is 10.2. The minimum Gasteiger partial charge on any atom is -0.508 e. The van der Waals surface area contributed by atoms with Gasteiger partial charge in [0.05, 0.1) is 0 Å². The van der Waals surface area contributed by atoms with Gasteiger partial charge in [0, 0.05) is 42.3 Å². The second-order valence-corrected chi connectivity index (χ2v) is 12.4. The summed E-state index contributed by atoms with van der Waals surface area (Å²) in [6.45, 7) is 4.16. The number of carbonyl (C=O) groups is 5. The number of hydrogen-bond donors (Lipinski definition) is 9. The molecular formula is C34H47N7O7. The maximum atomic E-state index is 14.0. The molecule has 14 nitrogen and oxygen atoms in total. The third-order valence-corrected chi connectivity index (χ3v) is 8.03. The van der Waals surface area contributed by atoms with Crippen molar-refractivity contribution >= 4 is 40.4 Å². The number of aromatic nitrogens is 1. The average Bonchev–Trinajstić information content (AvgIpc) is 3.46. The molecule has 3 rings (SSSR count). The molecular weight excluding hydrogens is 618 g/mol. The van der Waals surface area contributed by atoms with Crippen molar-refractivity contribution in [2.24, 2.45) is 23.3 Å². The molecule has 48 heavy (non-hydrogen) atoms. The number of para-hydroxylation sites is 1. The highest BCUT2D eigenvalue weighted by atomic mass is 16.5. The number of phenolic OH excluding ortho intramolecular Hbond substituents is 1. The summed E-state index contributed by atoms with van der Waals surface area (Å²) in [5, 5.41) is 27.9. The molecule has 0 spiro atoms. The van der Waals surface area contributed by atoms with Gasteiger partial charge in [0.1, 0.15) is 23.9 Å². The third kappa shape index (κ3) is 11.4. The standard InChI is InChI=1S/C34H47N7O7/c1-20(2)15-22(18-30(43)41-48)32(45)39-28(16-21-10-12-24(42)13-11-21)33(46)40-29(17-23-19-37-26-8-4-3-7-25(23)26)34(47)38-27(31(36)44)9-5-6-14-35/h3-4,7-8,10-13,19-20,22,27-29,37,42,48H,5-6,9,14-18,35H2,1-2H3,(H2,36,44)(H,38,47)(H,39,45)(H,40,46)(H,41,43)/t22-,27+,28+,29+/m1/s1. The van der Waals surface area contributed by atoms with Crippen LogP contribution in [0.4, 0.5) is 0 Å². The van der Waals surface area contributed by atoms with E-state index in [1.165, 1.54) is 12.1 Å². The number of carbonyl (C=O) groups excluding carboxylic acids is 5. The maximum Gasteiger partial charge on any atom is 0.244 e. The van der Waals surface area contributed by atoms with Crippen molar-refractivity contribution in [3.63, 3.8) is 0 Å². The van der Waals surface area contributed by atoms with Crippen LogP contribution in [-0.4, -0.2) is 69.5 Å². The number of aromatic hydroxyl groups is 1. The van der Waals surface area contributed by atoms with E-state index < -0.39 is 53.6 Å². The number of rotatable bonds is 19. The minimum absolute atomic E-state index is 0.0110. The molecule has 0 aliphatic heterocycles. The fourth-order valence-corrected chi connectivity index (χ4v) is 5.54. The summed E-state index contributed by atoms with van der Waals surface area (Å²) in [6.07, 6.45) is 3.22. The van der Waals surface area contributed by atoms with Crippen molar-refractivity contribution in [3.05, 3.63) is 65.9 Å². The summed E-state index contributed by atoms with van der Waals surface area (Å²) in [5.41, 5.74) is 14.9. The Morgan fingerprint density at radius 3 is 2.08 bits per heavy atom. The molecule has 2 aromatic carbocycles. The first-order valence-corrected chi connectivity index (χ1v) is 16.1. The van der Waals surface area contributed by atoms with Crippen molar-refractivity contribution in [1.29, 1.82) is 0 Å². The van der Waals surface area contributed by atoms with Crippen LogP contribution < -0.4 is 32.9 Å². The van der Waals surface area contributed by atoms with Crippen molar-refractivity contribution in [2.75, 3.05) is 6.54 Å². The van der Waals surface area contributed by atoms with Crippen molar-refractivity contribution in [2.45, 2.75) is 76.9 Å². The van der Waals surface area contributed by atoms with Crippen molar-refractivity contribution in [1.82, 2.24) is 26.4 Å². The lowest BCUT2D eigenvalue weighted by atomic mass is 9.92. The SMILES string of the molecule is CC(C)C[C@H](CC(=O)NO)C(=O)N[C@@H](Cc1ccc(O)cc1)C(=O)N[C@@H](Cc1c[nH]c2ccccc12)C(=O)N[C@@H](CCCCN)C(N)=O. The van der Waals surface area contributed by atoms with E-state index >= 15 is 0 Å². The number of hydroxylamine groups is 1. The largest absolute Gasteiger partial charge is 0.508 e. The molecule has 1 aromatic heterocycles. The van der Waals surface area contributed by atoms with Gasteiger partial charge in [-0.05, 0) is 67.5 Å². The first kappa shape index (κ1) is 37.5. The van der Waals surface area contributed by atoms with E-state index in [0.29, 0.717) is 31.4 Å². The van der Waals surface area contributed by atoms with Crippen LogP contribution in [0.3, 0.4) is 0 Å². The molecule has 1 heterocycles. The molecule has 0 aliphatic carbocycles. The Morgan fingerprint density at radius 1 is 0.833 bits per heavy atom. The second kappa shape index (κ2) is 18.4. The smallest absolute Gasteiger partial charge is 0.244 e. The van der Waals surface area contributed by atoms with Gasteiger partial charge in [-0.2, -0.15) is 0 Å². The maximum absolute atomic E-state index is 14.0. The van der Waals surface area contributed by atoms with Gasteiger partial charge in [0.2, 0.25) is 29.5 Å². The van der Waals surface area contributed by atoms with E-state index in [2.05, 4.69) is 20.9 Å². The predicted octanol–water partition coefficient (Wildman–Crippen LogP) is 1.29. The summed E-state index contributed by atoms with van der Waals surface area (Å²) >= 11 is 0. The number of aromatic amines is 1. The Bertz CT molecular complexity index is 1540. The van der Waals surface area contributed by atoms with Gasteiger partial charge in [-0.25, -0.2) is 5.48 Å². The number of unbranched alkanes of at least 4 members (excludes halogenated alkanes) is 1. The van der Waals surface area contributed by atoms with Gasteiger partial charge in [0.25, 0.3) is 0 Å². The zero-order chi connectivity index (χ0) is 35.2. The summed E-state index contributed by atoms with van der Waals surface area (Å²) in [7, 11) is 0. The zero-order valence-corrected chi connectivity index (χ0v) is 27.3. The van der Waals surface area contributed by atoms with E-state index in [1.54, 1.807) is 23.8 Å². The monoisotopic (exact) mass is 665 g/mol. The Kier molecular flexibility index (Phi) is 14.4. The van der Waals surface area contributed by atoms with Gasteiger partial charge in [0.15, 0.2) is 0 Å². The molecule has 0 unspecified atom stereocenters. The highest BCUT2D eigenvalue weighted by molar-refractivity contribution is 5.95. The molecule has 14 heteroatoms. The Morgan fingerprint density at radius 2 is 1.46 bits per heavy atom. The lowest BCUT2D eigenvalue weighted by molar-refractivity contribution is -0.137. The fraction of sp³-hybridized carbons (Fsp3) is 0.441. The summed E-state index contributed by atoms with van der Waals surface area (Å²) < 4.78 is 0. The molecule has 0 bridgehead atoms. The highest BCUT2D eigenvalue weighted by Crippen LogP contribution is 2.21. The number of hydrogen-bond acceptors (Lipinski definition) is 8. The molecule has 5 amide bonds. The first-order chi connectivity index (χ1) is 22.9. The average molecular weight is 666 g/mol. The number of phenols is 1. The summed E-state index contributed by atoms with van der Waals surface area (Å²) in [4.78, 5) is 68.7. The van der Waals surface area contributed by atoms with Crippen LogP contribution in [0, 0.1) is 11.8 Å². The van der Waals surface area contributed by atoms with Gasteiger partial charge in [-0.1, -0.05) is 44.2 Å². The molecule has 260 valence electrons. The predicted molar refractivity (Wildman–Crippen MR) is 179 cm³/mol. The number of fused-ring (bicyclic) bond motifs is 1. The van der Waals surface area contributed by atoms with Crippen LogP contribution in [0.25, 0.3) is 10.9 Å². The normalized spacial score (nSPS) is 13.7. The molecule has 11 N–H and O–H groups in total. The third-order valence-electron chi connectivity index (χ3n) is 8.03. The number of nitrogens with one attached hydrogen (secondary N) is 5. The van der Waals surface area contributed by atoms with E-state index in [-0.39, 0.29) is 37.4 Å². The fourth-order valence-electron chi connectivity index (χ4n) is 5.54. The van der Waals surface area contributed by atoms with Gasteiger partial charge < -0.3 is 37.5 Å². The van der Waals surface area contributed by atoms with Crippen LogP contribution in [0.1, 0.15) is 57.1 Å². The molecule has 0 radical (unpaired) electrons. The zero-order valence-electron chi connectivity index (χ0n) is 27.3. The van der Waals surface area contributed by atoms with E-state index in [0.717, 1.165) is 16.5 Å². The number of benzene rings is 2. The highest BCUT2D eigenvalue weighted by Gasteiger charge is 2.32. The van der Waals surface area contributed by atoms with Crippen LogP contribution >= 0.6 is 0 Å². The Labute approximate surface area is 279 Å². The lowest BCUT2D eigenvalue weighted by Gasteiger charge is -2.26. The van der Waals surface area contributed by atoms with Gasteiger partial charge in [-0.3, -0.25) is 29.2 Å². The first-order valence-electron chi connectivity index (χ1n) is 16.1. The van der Waals surface area contributed by atoms with Gasteiger partial charge >= 0.3 is 0 Å². The molecule has 0 saturated carbocycles. The molecule has 4 atom stereocenters. The number of primary amides is 1. The topological polar surface area (TPSA) is 242 Å². The quantitative estimate of drug-likeness (QED) is 0.0512. The molecule has 0 aliphatic rings. The molecule has 0 fully saturated rings. The number of amides is 5.